The summed E-state index contributed by atoms with van der Waals surface area (Å²) in [7, 11) is 3.67. The third kappa shape index (κ3) is 5.39. The maximum absolute atomic E-state index is 5.85. The Morgan fingerprint density at radius 1 is 1.25 bits per heavy atom. The van der Waals surface area contributed by atoms with E-state index in [0.717, 1.165) is 55.9 Å². The number of methoxy groups -OCH3 is 1. The molecule has 9 nitrogen and oxygen atoms in total. The summed E-state index contributed by atoms with van der Waals surface area (Å²) in [6.45, 7) is 7.01. The van der Waals surface area contributed by atoms with Crippen LogP contribution in [0, 0.1) is 12.8 Å². The lowest BCUT2D eigenvalue weighted by molar-refractivity contribution is 0.0536. The summed E-state index contributed by atoms with van der Waals surface area (Å²) in [6, 6.07) is 8.40. The zero-order valence-corrected chi connectivity index (χ0v) is 19.3. The monoisotopic (exact) mass is 442 g/mol. The SMILES string of the molecule is COCCOCC1CCN(C(=NCc2nnc(C)n2C)NC2CCOc3ccccc32)C1. The van der Waals surface area contributed by atoms with Gasteiger partial charge in [0, 0.05) is 45.1 Å². The predicted molar refractivity (Wildman–Crippen MR) is 122 cm³/mol. The largest absolute Gasteiger partial charge is 0.493 e. The molecule has 1 saturated heterocycles. The maximum Gasteiger partial charge on any atom is 0.194 e. The number of hydrogen-bond donors (Lipinski definition) is 1. The van der Waals surface area contributed by atoms with E-state index in [1.165, 1.54) is 5.56 Å². The first kappa shape index (κ1) is 22.5. The van der Waals surface area contributed by atoms with Crippen molar-refractivity contribution in [3.05, 3.63) is 41.5 Å². The zero-order chi connectivity index (χ0) is 22.3. The van der Waals surface area contributed by atoms with E-state index < -0.39 is 0 Å². The standard InChI is InChI=1S/C23H34N6O3/c1-17-26-27-22(28(17)2)14-24-23(29-10-8-18(15-29)16-31-13-12-30-3)25-20-9-11-32-21-7-5-4-6-19(20)21/h4-7,18,20H,8-16H2,1-3H3,(H,24,25). The van der Waals surface area contributed by atoms with Crippen LogP contribution in [0.15, 0.2) is 29.3 Å². The lowest BCUT2D eigenvalue weighted by Crippen LogP contribution is -2.43. The van der Waals surface area contributed by atoms with E-state index in [1.807, 2.05) is 30.7 Å². The van der Waals surface area contributed by atoms with Crippen LogP contribution in [0.1, 0.15) is 36.1 Å². The summed E-state index contributed by atoms with van der Waals surface area (Å²) >= 11 is 0. The number of nitrogens with one attached hydrogen (secondary N) is 1. The molecule has 2 aliphatic heterocycles. The van der Waals surface area contributed by atoms with Gasteiger partial charge in [-0.3, -0.25) is 0 Å². The molecule has 4 rings (SSSR count). The molecule has 3 heterocycles. The fraction of sp³-hybridized carbons (Fsp3) is 0.609. The van der Waals surface area contributed by atoms with Gasteiger partial charge in [0.15, 0.2) is 11.8 Å². The third-order valence-corrected chi connectivity index (χ3v) is 6.19. The van der Waals surface area contributed by atoms with Crippen molar-refractivity contribution in [3.8, 4) is 5.75 Å². The Balaban J connectivity index is 1.48. The van der Waals surface area contributed by atoms with E-state index in [4.69, 9.17) is 19.2 Å². The smallest absolute Gasteiger partial charge is 0.194 e. The van der Waals surface area contributed by atoms with Crippen molar-refractivity contribution < 1.29 is 14.2 Å². The van der Waals surface area contributed by atoms with Crippen molar-refractivity contribution >= 4 is 5.96 Å². The van der Waals surface area contributed by atoms with Gasteiger partial charge in [-0.05, 0) is 19.4 Å². The molecule has 1 aromatic carbocycles. The number of aromatic nitrogens is 3. The third-order valence-electron chi connectivity index (χ3n) is 6.19. The summed E-state index contributed by atoms with van der Waals surface area (Å²) in [5, 5.41) is 12.2. The van der Waals surface area contributed by atoms with E-state index in [9.17, 15) is 0 Å². The first-order valence-corrected chi connectivity index (χ1v) is 11.3. The molecule has 0 spiro atoms. The number of likely N-dealkylation sites (tertiary alicyclic amines) is 1. The predicted octanol–water partition coefficient (Wildman–Crippen LogP) is 2.08. The Morgan fingerprint density at radius 3 is 2.94 bits per heavy atom. The van der Waals surface area contributed by atoms with Gasteiger partial charge in [0.2, 0.25) is 0 Å². The molecule has 0 saturated carbocycles. The molecule has 32 heavy (non-hydrogen) atoms. The highest BCUT2D eigenvalue weighted by atomic mass is 16.5. The quantitative estimate of drug-likeness (QED) is 0.381. The number of para-hydroxylation sites is 1. The minimum absolute atomic E-state index is 0.164. The highest BCUT2D eigenvalue weighted by molar-refractivity contribution is 5.81. The molecular formula is C23H34N6O3. The van der Waals surface area contributed by atoms with Gasteiger partial charge < -0.3 is 29.0 Å². The average molecular weight is 443 g/mol. The molecule has 2 unspecified atom stereocenters. The fourth-order valence-corrected chi connectivity index (χ4v) is 4.17. The second-order valence-electron chi connectivity index (χ2n) is 8.40. The molecule has 0 aliphatic carbocycles. The van der Waals surface area contributed by atoms with Gasteiger partial charge in [-0.15, -0.1) is 10.2 Å². The molecule has 0 bridgehead atoms. The van der Waals surface area contributed by atoms with Crippen LogP contribution in [0.4, 0.5) is 0 Å². The van der Waals surface area contributed by atoms with E-state index >= 15 is 0 Å². The topological polar surface area (TPSA) is 86.0 Å². The summed E-state index contributed by atoms with van der Waals surface area (Å²) in [5.74, 6) is 4.08. The van der Waals surface area contributed by atoms with Crippen LogP contribution in [-0.2, 0) is 23.1 Å². The van der Waals surface area contributed by atoms with Gasteiger partial charge >= 0.3 is 0 Å². The lowest BCUT2D eigenvalue weighted by Gasteiger charge is -2.31. The van der Waals surface area contributed by atoms with Gasteiger partial charge in [-0.2, -0.15) is 0 Å². The highest BCUT2D eigenvalue weighted by Crippen LogP contribution is 2.32. The normalized spacial score (nSPS) is 20.8. The Kier molecular flexibility index (Phi) is 7.59. The van der Waals surface area contributed by atoms with E-state index in [0.29, 0.717) is 32.3 Å². The summed E-state index contributed by atoms with van der Waals surface area (Å²) in [5.41, 5.74) is 1.18. The molecule has 1 N–H and O–H groups in total. The number of benzene rings is 1. The molecule has 0 amide bonds. The van der Waals surface area contributed by atoms with Crippen molar-refractivity contribution in [2.75, 3.05) is 46.6 Å². The molecule has 2 aromatic rings. The van der Waals surface area contributed by atoms with Gasteiger partial charge in [0.05, 0.1) is 32.5 Å². The van der Waals surface area contributed by atoms with Crippen LogP contribution >= 0.6 is 0 Å². The first-order valence-electron chi connectivity index (χ1n) is 11.3. The van der Waals surface area contributed by atoms with Crippen LogP contribution in [-0.4, -0.2) is 72.3 Å². The van der Waals surface area contributed by atoms with Crippen molar-refractivity contribution in [2.24, 2.45) is 18.0 Å². The van der Waals surface area contributed by atoms with Gasteiger partial charge in [-0.25, -0.2) is 4.99 Å². The van der Waals surface area contributed by atoms with Crippen molar-refractivity contribution in [1.29, 1.82) is 0 Å². The number of hydrogen-bond acceptors (Lipinski definition) is 6. The van der Waals surface area contributed by atoms with Crippen LogP contribution < -0.4 is 10.1 Å². The molecule has 174 valence electrons. The number of nitrogens with zero attached hydrogens (tertiary/aromatic N) is 5. The van der Waals surface area contributed by atoms with E-state index in [1.54, 1.807) is 7.11 Å². The zero-order valence-electron chi connectivity index (χ0n) is 19.3. The minimum atomic E-state index is 0.164. The van der Waals surface area contributed by atoms with Crippen LogP contribution in [0.25, 0.3) is 0 Å². The Labute approximate surface area is 189 Å². The van der Waals surface area contributed by atoms with Gasteiger partial charge in [-0.1, -0.05) is 18.2 Å². The molecule has 2 aliphatic rings. The lowest BCUT2D eigenvalue weighted by atomic mass is 10.0. The summed E-state index contributed by atoms with van der Waals surface area (Å²) in [6.07, 6.45) is 1.98. The number of fused-ring (bicyclic) bond motifs is 1. The fourth-order valence-electron chi connectivity index (χ4n) is 4.17. The second kappa shape index (κ2) is 10.8. The first-order chi connectivity index (χ1) is 15.7. The maximum atomic E-state index is 5.85. The summed E-state index contributed by atoms with van der Waals surface area (Å²) < 4.78 is 18.7. The minimum Gasteiger partial charge on any atom is -0.493 e. The van der Waals surface area contributed by atoms with Crippen LogP contribution in [0.5, 0.6) is 5.75 Å². The number of aryl methyl sites for hydroxylation is 1. The van der Waals surface area contributed by atoms with Crippen molar-refractivity contribution in [3.63, 3.8) is 0 Å². The molecule has 9 heteroatoms. The molecule has 1 fully saturated rings. The molecule has 2 atom stereocenters. The highest BCUT2D eigenvalue weighted by Gasteiger charge is 2.29. The van der Waals surface area contributed by atoms with Crippen molar-refractivity contribution in [2.45, 2.75) is 32.4 Å². The summed E-state index contributed by atoms with van der Waals surface area (Å²) in [4.78, 5) is 7.31. The molecular weight excluding hydrogens is 408 g/mol. The van der Waals surface area contributed by atoms with E-state index in [-0.39, 0.29) is 6.04 Å². The molecule has 1 aromatic heterocycles. The number of rotatable bonds is 8. The Bertz CT molecular complexity index is 915. The van der Waals surface area contributed by atoms with Gasteiger partial charge in [0.25, 0.3) is 0 Å². The number of guanidine groups is 1. The van der Waals surface area contributed by atoms with E-state index in [2.05, 4.69) is 32.5 Å². The number of ether oxygens (including phenoxy) is 3. The Hall–Kier alpha value is -2.65. The average Bonchev–Trinajstić information content (AvgIpc) is 3.41. The van der Waals surface area contributed by atoms with Crippen LogP contribution in [0.2, 0.25) is 0 Å². The number of aliphatic imine (C=N–C) groups is 1. The van der Waals surface area contributed by atoms with Crippen molar-refractivity contribution in [1.82, 2.24) is 25.0 Å². The van der Waals surface area contributed by atoms with Crippen LogP contribution in [0.3, 0.4) is 0 Å². The second-order valence-corrected chi connectivity index (χ2v) is 8.40. The van der Waals surface area contributed by atoms with Gasteiger partial charge in [0.1, 0.15) is 18.1 Å². The molecule has 0 radical (unpaired) electrons. The Morgan fingerprint density at radius 2 is 2.12 bits per heavy atom.